The number of carbonyl (C=O) groups excluding carboxylic acids is 1. The van der Waals surface area contributed by atoms with Crippen LogP contribution < -0.4 is 5.56 Å². The van der Waals surface area contributed by atoms with Gasteiger partial charge in [-0.2, -0.15) is 0 Å². The van der Waals surface area contributed by atoms with Crippen molar-refractivity contribution in [1.82, 2.24) is 9.97 Å². The first-order chi connectivity index (χ1) is 10.0. The number of carbonyl (C=O) groups is 1. The molecule has 1 heterocycles. The van der Waals surface area contributed by atoms with Gasteiger partial charge in [0, 0.05) is 17.0 Å². The molecule has 0 aliphatic heterocycles. The van der Waals surface area contributed by atoms with Crippen LogP contribution in [0.1, 0.15) is 27.2 Å². The number of rotatable bonds is 4. The van der Waals surface area contributed by atoms with Crippen molar-refractivity contribution in [2.75, 3.05) is 7.11 Å². The Labute approximate surface area is 126 Å². The van der Waals surface area contributed by atoms with Gasteiger partial charge >= 0.3 is 5.97 Å². The molecule has 110 valence electrons. The van der Waals surface area contributed by atoms with Crippen LogP contribution in [0.5, 0.6) is 0 Å². The fraction of sp³-hybridized carbons (Fsp3) is 0.267. The highest BCUT2D eigenvalue weighted by molar-refractivity contribution is 7.98. The van der Waals surface area contributed by atoms with Crippen LogP contribution >= 0.6 is 11.8 Å². The highest BCUT2D eigenvalue weighted by Gasteiger charge is 2.06. The average Bonchev–Trinajstić information content (AvgIpc) is 2.50. The number of hydrogen-bond donors (Lipinski definition) is 1. The van der Waals surface area contributed by atoms with Crippen LogP contribution in [0.3, 0.4) is 0 Å². The maximum Gasteiger partial charge on any atom is 0.337 e. The molecule has 1 N–H and O–H groups in total. The van der Waals surface area contributed by atoms with Gasteiger partial charge in [-0.1, -0.05) is 23.9 Å². The van der Waals surface area contributed by atoms with E-state index < -0.39 is 0 Å². The van der Waals surface area contributed by atoms with E-state index in [0.717, 1.165) is 11.3 Å². The minimum atomic E-state index is -0.352. The Kier molecular flexibility index (Phi) is 4.80. The van der Waals surface area contributed by atoms with Gasteiger partial charge in [0.1, 0.15) is 0 Å². The van der Waals surface area contributed by atoms with E-state index in [1.807, 2.05) is 19.1 Å². The Morgan fingerprint density at radius 3 is 2.52 bits per heavy atom. The van der Waals surface area contributed by atoms with Crippen molar-refractivity contribution in [1.29, 1.82) is 0 Å². The maximum atomic E-state index is 11.7. The summed E-state index contributed by atoms with van der Waals surface area (Å²) in [6.07, 6.45) is 0. The minimum Gasteiger partial charge on any atom is -0.465 e. The number of nitrogens with one attached hydrogen (secondary N) is 1. The van der Waals surface area contributed by atoms with E-state index in [0.29, 0.717) is 22.0 Å². The minimum absolute atomic E-state index is 0.106. The van der Waals surface area contributed by atoms with E-state index >= 15 is 0 Å². The second-order valence-corrected chi connectivity index (χ2v) is 5.52. The standard InChI is InChI=1S/C15H16N2O3S/c1-9-10(2)16-15(17-13(9)18)21-8-11-4-6-12(7-5-11)14(19)20-3/h4-7H,8H2,1-3H3,(H,16,17,18). The van der Waals surface area contributed by atoms with Crippen LogP contribution in [-0.4, -0.2) is 23.0 Å². The van der Waals surface area contributed by atoms with Gasteiger partial charge < -0.3 is 9.72 Å². The quantitative estimate of drug-likeness (QED) is 0.534. The van der Waals surface area contributed by atoms with Gasteiger partial charge in [0.2, 0.25) is 0 Å². The molecule has 21 heavy (non-hydrogen) atoms. The van der Waals surface area contributed by atoms with Crippen LogP contribution in [-0.2, 0) is 10.5 Å². The third kappa shape index (κ3) is 3.72. The molecular formula is C15H16N2O3S. The predicted molar refractivity (Wildman–Crippen MR) is 81.7 cm³/mol. The zero-order valence-corrected chi connectivity index (χ0v) is 12.9. The fourth-order valence-electron chi connectivity index (χ4n) is 1.69. The monoisotopic (exact) mass is 304 g/mol. The number of aromatic amines is 1. The Bertz CT molecular complexity index is 708. The zero-order chi connectivity index (χ0) is 15.4. The van der Waals surface area contributed by atoms with Gasteiger partial charge in [-0.3, -0.25) is 4.79 Å². The van der Waals surface area contributed by atoms with Gasteiger partial charge in [-0.05, 0) is 31.5 Å². The van der Waals surface area contributed by atoms with Crippen LogP contribution in [0.4, 0.5) is 0 Å². The lowest BCUT2D eigenvalue weighted by atomic mass is 10.1. The van der Waals surface area contributed by atoms with Crippen molar-refractivity contribution >= 4 is 17.7 Å². The third-order valence-corrected chi connectivity index (χ3v) is 4.07. The Balaban J connectivity index is 2.06. The number of hydrogen-bond acceptors (Lipinski definition) is 5. The summed E-state index contributed by atoms with van der Waals surface area (Å²) in [5.74, 6) is 0.307. The Morgan fingerprint density at radius 1 is 1.29 bits per heavy atom. The molecule has 0 spiro atoms. The third-order valence-electron chi connectivity index (χ3n) is 3.12. The normalized spacial score (nSPS) is 10.4. The molecule has 0 fully saturated rings. The molecule has 1 aromatic carbocycles. The molecule has 2 aromatic rings. The van der Waals surface area contributed by atoms with E-state index in [-0.39, 0.29) is 11.5 Å². The summed E-state index contributed by atoms with van der Waals surface area (Å²) in [7, 11) is 1.35. The first kappa shape index (κ1) is 15.3. The number of aromatic nitrogens is 2. The van der Waals surface area contributed by atoms with Crippen molar-refractivity contribution in [2.24, 2.45) is 0 Å². The number of methoxy groups -OCH3 is 1. The molecular weight excluding hydrogens is 288 g/mol. The fourth-order valence-corrected chi connectivity index (χ4v) is 2.56. The molecule has 0 aliphatic rings. The molecule has 0 radical (unpaired) electrons. The Hall–Kier alpha value is -2.08. The average molecular weight is 304 g/mol. The van der Waals surface area contributed by atoms with Crippen molar-refractivity contribution in [3.05, 3.63) is 57.0 Å². The van der Waals surface area contributed by atoms with Gasteiger partial charge in [0.15, 0.2) is 5.16 Å². The number of nitrogens with zero attached hydrogens (tertiary/aromatic N) is 1. The van der Waals surface area contributed by atoms with Crippen LogP contribution in [0.15, 0.2) is 34.2 Å². The summed E-state index contributed by atoms with van der Waals surface area (Å²) in [6.45, 7) is 3.57. The number of H-pyrrole nitrogens is 1. The summed E-state index contributed by atoms with van der Waals surface area (Å²) in [5, 5.41) is 0.597. The predicted octanol–water partition coefficient (Wildman–Crippen LogP) is 2.47. The molecule has 0 saturated carbocycles. The molecule has 6 heteroatoms. The zero-order valence-electron chi connectivity index (χ0n) is 12.1. The summed E-state index contributed by atoms with van der Waals surface area (Å²) in [6, 6.07) is 7.16. The lowest BCUT2D eigenvalue weighted by molar-refractivity contribution is 0.0600. The van der Waals surface area contributed by atoms with Crippen molar-refractivity contribution in [2.45, 2.75) is 24.8 Å². The van der Waals surface area contributed by atoms with Gasteiger partial charge in [-0.25, -0.2) is 9.78 Å². The summed E-state index contributed by atoms with van der Waals surface area (Å²) < 4.78 is 4.65. The summed E-state index contributed by atoms with van der Waals surface area (Å²) in [4.78, 5) is 30.1. The van der Waals surface area contributed by atoms with Gasteiger partial charge in [0.25, 0.3) is 5.56 Å². The number of benzene rings is 1. The second kappa shape index (κ2) is 6.58. The molecule has 0 unspecified atom stereocenters. The van der Waals surface area contributed by atoms with Crippen LogP contribution in [0.25, 0.3) is 0 Å². The van der Waals surface area contributed by atoms with E-state index in [9.17, 15) is 9.59 Å². The number of ether oxygens (including phenoxy) is 1. The molecule has 0 saturated heterocycles. The SMILES string of the molecule is COC(=O)c1ccc(CSc2nc(C)c(C)c(=O)[nH]2)cc1. The number of esters is 1. The van der Waals surface area contributed by atoms with Crippen molar-refractivity contribution in [3.63, 3.8) is 0 Å². The Morgan fingerprint density at radius 2 is 1.95 bits per heavy atom. The van der Waals surface area contributed by atoms with E-state index in [4.69, 9.17) is 0 Å². The highest BCUT2D eigenvalue weighted by atomic mass is 32.2. The lowest BCUT2D eigenvalue weighted by Crippen LogP contribution is -2.14. The molecule has 0 atom stereocenters. The first-order valence-electron chi connectivity index (χ1n) is 6.39. The molecule has 5 nitrogen and oxygen atoms in total. The second-order valence-electron chi connectivity index (χ2n) is 4.56. The first-order valence-corrected chi connectivity index (χ1v) is 7.37. The molecule has 0 bridgehead atoms. The molecule has 0 aliphatic carbocycles. The van der Waals surface area contributed by atoms with Crippen molar-refractivity contribution < 1.29 is 9.53 Å². The lowest BCUT2D eigenvalue weighted by Gasteiger charge is -2.05. The smallest absolute Gasteiger partial charge is 0.337 e. The number of thioether (sulfide) groups is 1. The summed E-state index contributed by atoms with van der Waals surface area (Å²) in [5.41, 5.74) is 2.83. The van der Waals surface area contributed by atoms with E-state index in [2.05, 4.69) is 14.7 Å². The maximum absolute atomic E-state index is 11.7. The number of aryl methyl sites for hydroxylation is 1. The van der Waals surface area contributed by atoms with Gasteiger partial charge in [0.05, 0.1) is 12.7 Å². The highest BCUT2D eigenvalue weighted by Crippen LogP contribution is 2.19. The molecule has 1 aromatic heterocycles. The molecule has 0 amide bonds. The van der Waals surface area contributed by atoms with E-state index in [1.54, 1.807) is 19.1 Å². The van der Waals surface area contributed by atoms with E-state index in [1.165, 1.54) is 18.9 Å². The summed E-state index contributed by atoms with van der Waals surface area (Å²) >= 11 is 1.45. The van der Waals surface area contributed by atoms with Crippen LogP contribution in [0, 0.1) is 13.8 Å². The van der Waals surface area contributed by atoms with Gasteiger partial charge in [-0.15, -0.1) is 0 Å². The van der Waals surface area contributed by atoms with Crippen molar-refractivity contribution in [3.8, 4) is 0 Å². The largest absolute Gasteiger partial charge is 0.465 e. The topological polar surface area (TPSA) is 72.0 Å². The molecule has 2 rings (SSSR count). The van der Waals surface area contributed by atoms with Crippen LogP contribution in [0.2, 0.25) is 0 Å².